The molecular formula is C13H16N2O2. The first-order valence-electron chi connectivity index (χ1n) is 5.81. The standard InChI is InChI=1S/C13H16N2O2/c1-2-9-5-3-4-6-11(9)15-8-10(13(14)17)7-12(15)16/h3-6,10H,2,7-8H2,1H3,(H2,14,17)/t10-/m1/s1. The Morgan fingerprint density at radius 2 is 2.18 bits per heavy atom. The van der Waals surface area contributed by atoms with Gasteiger partial charge in [-0.25, -0.2) is 0 Å². The predicted octanol–water partition coefficient (Wildman–Crippen LogP) is 1.09. The maximum atomic E-state index is 11.9. The van der Waals surface area contributed by atoms with Gasteiger partial charge in [-0.2, -0.15) is 0 Å². The quantitative estimate of drug-likeness (QED) is 0.847. The van der Waals surface area contributed by atoms with Crippen LogP contribution in [-0.4, -0.2) is 18.4 Å². The molecule has 4 heteroatoms. The molecule has 1 aromatic rings. The Morgan fingerprint density at radius 1 is 1.47 bits per heavy atom. The third-order valence-corrected chi connectivity index (χ3v) is 3.19. The first-order valence-corrected chi connectivity index (χ1v) is 5.81. The van der Waals surface area contributed by atoms with Crippen LogP contribution >= 0.6 is 0 Å². The van der Waals surface area contributed by atoms with Crippen molar-refractivity contribution in [2.24, 2.45) is 11.7 Å². The molecule has 17 heavy (non-hydrogen) atoms. The second-order valence-corrected chi connectivity index (χ2v) is 4.29. The summed E-state index contributed by atoms with van der Waals surface area (Å²) in [4.78, 5) is 24.7. The molecule has 1 saturated heterocycles. The number of aryl methyl sites for hydroxylation is 1. The molecule has 0 bridgehead atoms. The summed E-state index contributed by atoms with van der Waals surface area (Å²) in [7, 11) is 0. The maximum absolute atomic E-state index is 11.9. The van der Waals surface area contributed by atoms with Gasteiger partial charge in [0, 0.05) is 18.7 Å². The molecule has 1 heterocycles. The lowest BCUT2D eigenvalue weighted by Gasteiger charge is -2.19. The number of rotatable bonds is 3. The number of anilines is 1. The summed E-state index contributed by atoms with van der Waals surface area (Å²) in [6, 6.07) is 7.77. The second-order valence-electron chi connectivity index (χ2n) is 4.29. The highest BCUT2D eigenvalue weighted by Crippen LogP contribution is 2.28. The van der Waals surface area contributed by atoms with E-state index in [1.54, 1.807) is 4.90 Å². The fourth-order valence-electron chi connectivity index (χ4n) is 2.20. The number of para-hydroxylation sites is 1. The van der Waals surface area contributed by atoms with Crippen LogP contribution in [-0.2, 0) is 16.0 Å². The molecule has 4 nitrogen and oxygen atoms in total. The van der Waals surface area contributed by atoms with E-state index in [9.17, 15) is 9.59 Å². The summed E-state index contributed by atoms with van der Waals surface area (Å²) >= 11 is 0. The van der Waals surface area contributed by atoms with Crippen LogP contribution in [0.4, 0.5) is 5.69 Å². The van der Waals surface area contributed by atoms with Gasteiger partial charge in [-0.15, -0.1) is 0 Å². The Morgan fingerprint density at radius 3 is 2.76 bits per heavy atom. The molecular weight excluding hydrogens is 216 g/mol. The lowest BCUT2D eigenvalue weighted by atomic mass is 10.1. The molecule has 0 aromatic heterocycles. The minimum Gasteiger partial charge on any atom is -0.369 e. The summed E-state index contributed by atoms with van der Waals surface area (Å²) in [6.07, 6.45) is 1.09. The van der Waals surface area contributed by atoms with E-state index in [0.29, 0.717) is 6.54 Å². The summed E-state index contributed by atoms with van der Waals surface area (Å²) in [5, 5.41) is 0. The van der Waals surface area contributed by atoms with Crippen molar-refractivity contribution in [1.82, 2.24) is 0 Å². The number of amides is 2. The number of hydrogen-bond donors (Lipinski definition) is 1. The Balaban J connectivity index is 2.29. The lowest BCUT2D eigenvalue weighted by molar-refractivity contribution is -0.123. The second kappa shape index (κ2) is 4.57. The molecule has 2 N–H and O–H groups in total. The van der Waals surface area contributed by atoms with Gasteiger partial charge in [0.2, 0.25) is 11.8 Å². The van der Waals surface area contributed by atoms with Crippen molar-refractivity contribution < 1.29 is 9.59 Å². The molecule has 0 radical (unpaired) electrons. The molecule has 0 unspecified atom stereocenters. The summed E-state index contributed by atoms with van der Waals surface area (Å²) in [6.45, 7) is 2.45. The van der Waals surface area contributed by atoms with Crippen LogP contribution in [0.3, 0.4) is 0 Å². The fourth-order valence-corrected chi connectivity index (χ4v) is 2.20. The van der Waals surface area contributed by atoms with Gasteiger partial charge in [0.1, 0.15) is 0 Å². The van der Waals surface area contributed by atoms with Crippen LogP contribution in [0.25, 0.3) is 0 Å². The van der Waals surface area contributed by atoms with Gasteiger partial charge in [-0.1, -0.05) is 25.1 Å². The number of carbonyl (C=O) groups excluding carboxylic acids is 2. The summed E-state index contributed by atoms with van der Waals surface area (Å²) < 4.78 is 0. The van der Waals surface area contributed by atoms with Crippen LogP contribution in [0.15, 0.2) is 24.3 Å². The van der Waals surface area contributed by atoms with E-state index in [4.69, 9.17) is 5.73 Å². The van der Waals surface area contributed by atoms with E-state index in [-0.39, 0.29) is 18.2 Å². The van der Waals surface area contributed by atoms with Crippen molar-refractivity contribution in [3.05, 3.63) is 29.8 Å². The largest absolute Gasteiger partial charge is 0.369 e. The Labute approximate surface area is 100 Å². The van der Waals surface area contributed by atoms with Crippen molar-refractivity contribution in [3.8, 4) is 0 Å². The molecule has 1 aromatic carbocycles. The molecule has 1 atom stereocenters. The Kier molecular flexibility index (Phi) is 3.13. The highest BCUT2D eigenvalue weighted by atomic mass is 16.2. The van der Waals surface area contributed by atoms with Gasteiger partial charge in [-0.3, -0.25) is 9.59 Å². The minimum atomic E-state index is -0.394. The fraction of sp³-hybridized carbons (Fsp3) is 0.385. The average Bonchev–Trinajstić information content (AvgIpc) is 2.71. The van der Waals surface area contributed by atoms with Crippen molar-refractivity contribution in [2.45, 2.75) is 19.8 Å². The van der Waals surface area contributed by atoms with Crippen LogP contribution in [0.1, 0.15) is 18.9 Å². The number of benzene rings is 1. The van der Waals surface area contributed by atoms with Crippen LogP contribution < -0.4 is 10.6 Å². The van der Waals surface area contributed by atoms with E-state index in [1.807, 2.05) is 31.2 Å². The van der Waals surface area contributed by atoms with E-state index < -0.39 is 5.91 Å². The van der Waals surface area contributed by atoms with Gasteiger partial charge in [0.15, 0.2) is 0 Å². The molecule has 0 aliphatic carbocycles. The van der Waals surface area contributed by atoms with Crippen molar-refractivity contribution in [3.63, 3.8) is 0 Å². The summed E-state index contributed by atoms with van der Waals surface area (Å²) in [5.41, 5.74) is 7.28. The van der Waals surface area contributed by atoms with Crippen LogP contribution in [0.5, 0.6) is 0 Å². The van der Waals surface area contributed by atoms with Gasteiger partial charge in [0.25, 0.3) is 0 Å². The Bertz CT molecular complexity index is 456. The topological polar surface area (TPSA) is 63.4 Å². The van der Waals surface area contributed by atoms with Gasteiger partial charge in [0.05, 0.1) is 5.92 Å². The van der Waals surface area contributed by atoms with Crippen LogP contribution in [0, 0.1) is 5.92 Å². The Hall–Kier alpha value is -1.84. The van der Waals surface area contributed by atoms with Gasteiger partial charge < -0.3 is 10.6 Å². The maximum Gasteiger partial charge on any atom is 0.227 e. The van der Waals surface area contributed by atoms with Crippen LogP contribution in [0.2, 0.25) is 0 Å². The molecule has 0 spiro atoms. The predicted molar refractivity (Wildman–Crippen MR) is 65.5 cm³/mol. The zero-order valence-corrected chi connectivity index (χ0v) is 9.85. The van der Waals surface area contributed by atoms with E-state index in [2.05, 4.69) is 0 Å². The number of nitrogens with zero attached hydrogens (tertiary/aromatic N) is 1. The number of nitrogens with two attached hydrogens (primary N) is 1. The van der Waals surface area contributed by atoms with E-state index >= 15 is 0 Å². The number of hydrogen-bond acceptors (Lipinski definition) is 2. The molecule has 2 rings (SSSR count). The molecule has 1 aliphatic rings. The number of primary amides is 1. The third-order valence-electron chi connectivity index (χ3n) is 3.19. The molecule has 2 amide bonds. The van der Waals surface area contributed by atoms with Crippen molar-refractivity contribution in [2.75, 3.05) is 11.4 Å². The first kappa shape index (κ1) is 11.6. The molecule has 0 saturated carbocycles. The highest BCUT2D eigenvalue weighted by Gasteiger charge is 2.34. The smallest absolute Gasteiger partial charge is 0.227 e. The molecule has 90 valence electrons. The van der Waals surface area contributed by atoms with E-state index in [1.165, 1.54) is 0 Å². The minimum absolute atomic E-state index is 0.0188. The first-order chi connectivity index (χ1) is 8.13. The third kappa shape index (κ3) is 2.16. The molecule has 1 aliphatic heterocycles. The lowest BCUT2D eigenvalue weighted by Crippen LogP contribution is -2.29. The van der Waals surface area contributed by atoms with E-state index in [0.717, 1.165) is 17.7 Å². The monoisotopic (exact) mass is 232 g/mol. The normalized spacial score (nSPS) is 19.7. The number of carbonyl (C=O) groups is 2. The summed E-state index contributed by atoms with van der Waals surface area (Å²) in [5.74, 6) is -0.767. The van der Waals surface area contributed by atoms with Crippen molar-refractivity contribution in [1.29, 1.82) is 0 Å². The average molecular weight is 232 g/mol. The zero-order valence-electron chi connectivity index (χ0n) is 9.85. The molecule has 1 fully saturated rings. The highest BCUT2D eigenvalue weighted by molar-refractivity contribution is 6.00. The van der Waals surface area contributed by atoms with Gasteiger partial charge >= 0.3 is 0 Å². The SMILES string of the molecule is CCc1ccccc1N1C[C@H](C(N)=O)CC1=O. The van der Waals surface area contributed by atoms with Gasteiger partial charge in [-0.05, 0) is 18.1 Å². The zero-order chi connectivity index (χ0) is 12.4. The van der Waals surface area contributed by atoms with Crippen molar-refractivity contribution >= 4 is 17.5 Å².